The summed E-state index contributed by atoms with van der Waals surface area (Å²) in [6.07, 6.45) is 4.70. The van der Waals surface area contributed by atoms with Crippen molar-refractivity contribution >= 4 is 5.78 Å². The smallest absolute Gasteiger partial charge is 0.162 e. The van der Waals surface area contributed by atoms with Crippen LogP contribution in [0.25, 0.3) is 0 Å². The second-order valence-electron chi connectivity index (χ2n) is 7.05. The summed E-state index contributed by atoms with van der Waals surface area (Å²) in [7, 11) is 0. The lowest BCUT2D eigenvalue weighted by Crippen LogP contribution is -2.24. The minimum Gasteiger partial charge on any atom is -0.330 e. The molecule has 0 fully saturated rings. The van der Waals surface area contributed by atoms with Crippen molar-refractivity contribution in [2.45, 2.75) is 59.8 Å². The summed E-state index contributed by atoms with van der Waals surface area (Å²) in [5.74, 6) is 0.768. The Kier molecular flexibility index (Phi) is 7.10. The number of Topliss-reactive ketones (excluding diaryl/α,β-unsaturated/α-hetero) is 1. The van der Waals surface area contributed by atoms with Crippen LogP contribution in [-0.4, -0.2) is 12.3 Å². The number of benzene rings is 1. The van der Waals surface area contributed by atoms with Crippen molar-refractivity contribution in [1.82, 2.24) is 0 Å². The molecule has 0 aromatic heterocycles. The van der Waals surface area contributed by atoms with Gasteiger partial charge in [-0.1, -0.05) is 52.3 Å². The largest absolute Gasteiger partial charge is 0.330 e. The van der Waals surface area contributed by atoms with Gasteiger partial charge < -0.3 is 5.73 Å². The Morgan fingerprint density at radius 2 is 1.95 bits per heavy atom. The molecule has 0 spiro atoms. The van der Waals surface area contributed by atoms with Gasteiger partial charge in [0.2, 0.25) is 0 Å². The monoisotopic (exact) mass is 289 g/mol. The van der Waals surface area contributed by atoms with Gasteiger partial charge in [-0.3, -0.25) is 4.79 Å². The van der Waals surface area contributed by atoms with Crippen LogP contribution in [0.4, 0.5) is 0 Å². The van der Waals surface area contributed by atoms with E-state index in [9.17, 15) is 4.79 Å². The maximum atomic E-state index is 12.4. The molecule has 1 aromatic carbocycles. The molecule has 0 radical (unpaired) electrons. The molecule has 1 rings (SSSR count). The molecule has 1 aromatic rings. The van der Waals surface area contributed by atoms with Crippen LogP contribution >= 0.6 is 0 Å². The van der Waals surface area contributed by atoms with Gasteiger partial charge in [-0.25, -0.2) is 0 Å². The molecule has 0 aliphatic carbocycles. The van der Waals surface area contributed by atoms with Gasteiger partial charge in [-0.15, -0.1) is 0 Å². The number of aryl methyl sites for hydroxylation is 1. The lowest BCUT2D eigenvalue weighted by Gasteiger charge is -2.30. The second kappa shape index (κ2) is 8.33. The van der Waals surface area contributed by atoms with Crippen molar-refractivity contribution < 1.29 is 4.79 Å². The summed E-state index contributed by atoms with van der Waals surface area (Å²) in [6.45, 7) is 9.57. The minimum absolute atomic E-state index is 0.212. The molecule has 0 aliphatic heterocycles. The number of hydrogen-bond donors (Lipinski definition) is 1. The molecule has 2 N–H and O–H groups in total. The van der Waals surface area contributed by atoms with E-state index in [4.69, 9.17) is 5.73 Å². The van der Waals surface area contributed by atoms with Gasteiger partial charge in [0, 0.05) is 12.0 Å². The number of nitrogens with two attached hydrogens (primary N) is 1. The first-order chi connectivity index (χ1) is 9.88. The molecule has 0 saturated heterocycles. The predicted molar refractivity (Wildman–Crippen MR) is 90.6 cm³/mol. The highest BCUT2D eigenvalue weighted by Gasteiger charge is 2.24. The van der Waals surface area contributed by atoms with Crippen molar-refractivity contribution in [3.63, 3.8) is 0 Å². The topological polar surface area (TPSA) is 43.1 Å². The van der Waals surface area contributed by atoms with Crippen molar-refractivity contribution in [1.29, 1.82) is 0 Å². The zero-order chi connectivity index (χ0) is 15.9. The number of hydrogen-bond acceptors (Lipinski definition) is 2. The van der Waals surface area contributed by atoms with Crippen LogP contribution in [0.5, 0.6) is 0 Å². The second-order valence-corrected chi connectivity index (χ2v) is 7.05. The van der Waals surface area contributed by atoms with Crippen LogP contribution in [-0.2, 0) is 6.42 Å². The van der Waals surface area contributed by atoms with Gasteiger partial charge >= 0.3 is 0 Å². The average Bonchev–Trinajstić information content (AvgIpc) is 2.42. The highest BCUT2D eigenvalue weighted by atomic mass is 16.1. The van der Waals surface area contributed by atoms with Crippen LogP contribution in [0.1, 0.15) is 69.3 Å². The Hall–Kier alpha value is -1.15. The zero-order valence-corrected chi connectivity index (χ0v) is 14.1. The summed E-state index contributed by atoms with van der Waals surface area (Å²) >= 11 is 0. The third-order valence-electron chi connectivity index (χ3n) is 4.25. The number of rotatable bonds is 8. The summed E-state index contributed by atoms with van der Waals surface area (Å²) in [4.78, 5) is 12.4. The molecule has 2 heteroatoms. The van der Waals surface area contributed by atoms with E-state index in [-0.39, 0.29) is 11.2 Å². The fourth-order valence-corrected chi connectivity index (χ4v) is 2.85. The zero-order valence-electron chi connectivity index (χ0n) is 14.1. The van der Waals surface area contributed by atoms with Gasteiger partial charge in [-0.2, -0.15) is 0 Å². The SMILES string of the molecule is CCCc1cccc(C(=O)CCC(CCN)C(C)(C)C)c1. The lowest BCUT2D eigenvalue weighted by atomic mass is 9.75. The normalized spacial score (nSPS) is 13.2. The highest BCUT2D eigenvalue weighted by Crippen LogP contribution is 2.32. The first kappa shape index (κ1) is 17.9. The van der Waals surface area contributed by atoms with Crippen molar-refractivity contribution in [2.75, 3.05) is 6.54 Å². The Labute approximate surface area is 130 Å². The Bertz CT molecular complexity index is 445. The molecule has 0 heterocycles. The van der Waals surface area contributed by atoms with Gasteiger partial charge in [0.05, 0.1) is 0 Å². The van der Waals surface area contributed by atoms with Gasteiger partial charge in [0.25, 0.3) is 0 Å². The van der Waals surface area contributed by atoms with E-state index in [1.165, 1.54) is 5.56 Å². The van der Waals surface area contributed by atoms with E-state index in [0.717, 1.165) is 31.2 Å². The molecule has 0 bridgehead atoms. The van der Waals surface area contributed by atoms with E-state index in [1.54, 1.807) is 0 Å². The highest BCUT2D eigenvalue weighted by molar-refractivity contribution is 5.96. The van der Waals surface area contributed by atoms with E-state index in [1.807, 2.05) is 12.1 Å². The molecule has 1 atom stereocenters. The number of carbonyl (C=O) groups is 1. The standard InChI is InChI=1S/C19H31NO/c1-5-7-15-8-6-9-16(14-15)18(21)11-10-17(12-13-20)19(2,3)4/h6,8-9,14,17H,5,7,10-13,20H2,1-4H3. The van der Waals surface area contributed by atoms with Gasteiger partial charge in [-0.05, 0) is 48.8 Å². The van der Waals surface area contributed by atoms with E-state index in [0.29, 0.717) is 18.9 Å². The summed E-state index contributed by atoms with van der Waals surface area (Å²) in [5.41, 5.74) is 8.05. The Balaban J connectivity index is 2.65. The molecule has 0 saturated carbocycles. The Morgan fingerprint density at radius 3 is 2.52 bits per heavy atom. The van der Waals surface area contributed by atoms with Crippen molar-refractivity contribution in [3.05, 3.63) is 35.4 Å². The van der Waals surface area contributed by atoms with Crippen LogP contribution in [0.2, 0.25) is 0 Å². The molecule has 0 aliphatic rings. The van der Waals surface area contributed by atoms with E-state index >= 15 is 0 Å². The summed E-state index contributed by atoms with van der Waals surface area (Å²) in [6, 6.07) is 8.10. The molecular weight excluding hydrogens is 258 g/mol. The predicted octanol–water partition coefficient (Wildman–Crippen LogP) is 4.61. The molecule has 2 nitrogen and oxygen atoms in total. The molecule has 118 valence electrons. The Morgan fingerprint density at radius 1 is 1.24 bits per heavy atom. The van der Waals surface area contributed by atoms with Gasteiger partial charge in [0.15, 0.2) is 5.78 Å². The molecule has 1 unspecified atom stereocenters. The van der Waals surface area contributed by atoms with Crippen LogP contribution in [0, 0.1) is 11.3 Å². The first-order valence-electron chi connectivity index (χ1n) is 8.20. The molecule has 21 heavy (non-hydrogen) atoms. The average molecular weight is 289 g/mol. The van der Waals surface area contributed by atoms with Crippen molar-refractivity contribution in [2.24, 2.45) is 17.1 Å². The van der Waals surface area contributed by atoms with Crippen molar-refractivity contribution in [3.8, 4) is 0 Å². The van der Waals surface area contributed by atoms with E-state index in [2.05, 4.69) is 39.8 Å². The summed E-state index contributed by atoms with van der Waals surface area (Å²) < 4.78 is 0. The van der Waals surface area contributed by atoms with E-state index < -0.39 is 0 Å². The van der Waals surface area contributed by atoms with Gasteiger partial charge in [0.1, 0.15) is 0 Å². The van der Waals surface area contributed by atoms with Crippen LogP contribution in [0.15, 0.2) is 24.3 Å². The number of ketones is 1. The fraction of sp³-hybridized carbons (Fsp3) is 0.632. The summed E-state index contributed by atoms with van der Waals surface area (Å²) in [5, 5.41) is 0. The lowest BCUT2D eigenvalue weighted by molar-refractivity contribution is 0.0957. The molecular formula is C19H31NO. The van der Waals surface area contributed by atoms with Crippen LogP contribution < -0.4 is 5.73 Å². The minimum atomic E-state index is 0.212. The van der Waals surface area contributed by atoms with Crippen LogP contribution in [0.3, 0.4) is 0 Å². The quantitative estimate of drug-likeness (QED) is 0.710. The first-order valence-corrected chi connectivity index (χ1v) is 8.20. The third-order valence-corrected chi connectivity index (χ3v) is 4.25. The maximum absolute atomic E-state index is 12.4. The third kappa shape index (κ3) is 6.01. The number of carbonyl (C=O) groups excluding carboxylic acids is 1. The maximum Gasteiger partial charge on any atom is 0.162 e. The fourth-order valence-electron chi connectivity index (χ4n) is 2.85. The molecule has 0 amide bonds.